The van der Waals surface area contributed by atoms with E-state index in [0.717, 1.165) is 12.8 Å². The minimum absolute atomic E-state index is 0.0131. The van der Waals surface area contributed by atoms with Gasteiger partial charge in [-0.2, -0.15) is 10.3 Å². The number of carbonyl (C=O) groups excluding carboxylic acids is 1. The molecule has 0 radical (unpaired) electrons. The van der Waals surface area contributed by atoms with Crippen molar-refractivity contribution in [2.45, 2.75) is 24.9 Å². The van der Waals surface area contributed by atoms with E-state index >= 15 is 0 Å². The first kappa shape index (κ1) is 11.8. The van der Waals surface area contributed by atoms with Crippen molar-refractivity contribution in [3.63, 3.8) is 0 Å². The highest BCUT2D eigenvalue weighted by Crippen LogP contribution is 2.38. The van der Waals surface area contributed by atoms with Crippen LogP contribution < -0.4 is 0 Å². The number of nitrogens with zero attached hydrogens (tertiary/aromatic N) is 4. The molecule has 0 atom stereocenters. The fraction of sp³-hybridized carbons (Fsp3) is 0.538. The number of amides is 1. The van der Waals surface area contributed by atoms with Gasteiger partial charge >= 0.3 is 0 Å². The number of morpholine rings is 1. The summed E-state index contributed by atoms with van der Waals surface area (Å²) >= 11 is 0. The Morgan fingerprint density at radius 1 is 1.40 bits per heavy atom. The molecule has 4 rings (SSSR count). The summed E-state index contributed by atoms with van der Waals surface area (Å²) in [5.41, 5.74) is 1.47. The molecule has 7 nitrogen and oxygen atoms in total. The number of hydrogen-bond donors (Lipinski definition) is 1. The van der Waals surface area contributed by atoms with Crippen molar-refractivity contribution >= 4 is 17.1 Å². The van der Waals surface area contributed by atoms with Gasteiger partial charge in [-0.3, -0.25) is 4.79 Å². The number of aromatic nitrogens is 4. The van der Waals surface area contributed by atoms with Crippen LogP contribution in [-0.4, -0.2) is 56.5 Å². The highest BCUT2D eigenvalue weighted by molar-refractivity contribution is 6.03. The Balaban J connectivity index is 1.65. The van der Waals surface area contributed by atoms with Crippen LogP contribution in [0.1, 0.15) is 29.6 Å². The molecule has 1 saturated heterocycles. The Hall–Kier alpha value is -2.02. The second-order valence-electron chi connectivity index (χ2n) is 5.47. The van der Waals surface area contributed by atoms with Crippen LogP contribution in [0, 0.1) is 0 Å². The smallest absolute Gasteiger partial charge is 0.256 e. The number of H-pyrrole nitrogens is 1. The third kappa shape index (κ3) is 1.70. The van der Waals surface area contributed by atoms with Gasteiger partial charge in [-0.25, -0.2) is 4.98 Å². The lowest BCUT2D eigenvalue weighted by Crippen LogP contribution is -2.57. The lowest BCUT2D eigenvalue weighted by atomic mass is 9.79. The molecular formula is C13H15N5O2. The molecule has 1 saturated carbocycles. The highest BCUT2D eigenvalue weighted by atomic mass is 16.5. The molecule has 2 fully saturated rings. The Morgan fingerprint density at radius 2 is 2.30 bits per heavy atom. The Morgan fingerprint density at radius 3 is 3.10 bits per heavy atom. The van der Waals surface area contributed by atoms with E-state index in [1.165, 1.54) is 6.42 Å². The van der Waals surface area contributed by atoms with E-state index in [4.69, 9.17) is 4.74 Å². The summed E-state index contributed by atoms with van der Waals surface area (Å²) in [6.45, 7) is 1.91. The summed E-state index contributed by atoms with van der Waals surface area (Å²) in [7, 11) is 0. The Bertz CT molecular complexity index is 664. The standard InChI is InChI=1S/C13H15N5O2/c19-12(9-2-5-14-11-10(9)15-17-16-11)18-6-7-20-13(8-18)3-1-4-13/h2,5H,1,3-4,6-8H2,(H,14,15,16,17). The number of rotatable bonds is 1. The molecule has 1 amide bonds. The predicted molar refractivity (Wildman–Crippen MR) is 70.1 cm³/mol. The largest absolute Gasteiger partial charge is 0.371 e. The molecule has 1 N–H and O–H groups in total. The molecule has 3 heterocycles. The molecule has 0 bridgehead atoms. The number of aromatic amines is 1. The number of nitrogens with one attached hydrogen (secondary N) is 1. The van der Waals surface area contributed by atoms with E-state index in [9.17, 15) is 4.79 Å². The Kier molecular flexibility index (Phi) is 2.50. The zero-order valence-electron chi connectivity index (χ0n) is 11.0. The maximum absolute atomic E-state index is 12.7. The average molecular weight is 273 g/mol. The number of pyridine rings is 1. The van der Waals surface area contributed by atoms with Crippen LogP contribution in [0.3, 0.4) is 0 Å². The number of fused-ring (bicyclic) bond motifs is 1. The number of ether oxygens (including phenoxy) is 1. The average Bonchev–Trinajstić information content (AvgIpc) is 2.93. The minimum Gasteiger partial charge on any atom is -0.371 e. The summed E-state index contributed by atoms with van der Waals surface area (Å²) in [4.78, 5) is 18.7. The minimum atomic E-state index is -0.0934. The van der Waals surface area contributed by atoms with E-state index < -0.39 is 0 Å². The molecule has 2 aromatic heterocycles. The highest BCUT2D eigenvalue weighted by Gasteiger charge is 2.43. The van der Waals surface area contributed by atoms with E-state index in [1.807, 2.05) is 4.90 Å². The van der Waals surface area contributed by atoms with Gasteiger partial charge in [0, 0.05) is 12.7 Å². The number of carbonyl (C=O) groups is 1. The number of hydrogen-bond acceptors (Lipinski definition) is 5. The van der Waals surface area contributed by atoms with Crippen molar-refractivity contribution in [2.75, 3.05) is 19.7 Å². The van der Waals surface area contributed by atoms with E-state index in [0.29, 0.717) is 36.4 Å². The zero-order valence-corrected chi connectivity index (χ0v) is 11.0. The van der Waals surface area contributed by atoms with Gasteiger partial charge in [-0.05, 0) is 25.3 Å². The normalized spacial score (nSPS) is 21.1. The predicted octanol–water partition coefficient (Wildman–Crippen LogP) is 0.748. The van der Waals surface area contributed by atoms with Gasteiger partial charge in [-0.1, -0.05) is 0 Å². The maximum Gasteiger partial charge on any atom is 0.256 e. The van der Waals surface area contributed by atoms with Crippen molar-refractivity contribution in [1.29, 1.82) is 0 Å². The first-order valence-electron chi connectivity index (χ1n) is 6.86. The van der Waals surface area contributed by atoms with Gasteiger partial charge in [0.2, 0.25) is 5.65 Å². The van der Waals surface area contributed by atoms with Gasteiger partial charge in [0.15, 0.2) is 0 Å². The Labute approximate surface area is 115 Å². The molecular weight excluding hydrogens is 258 g/mol. The van der Waals surface area contributed by atoms with Crippen LogP contribution in [-0.2, 0) is 4.74 Å². The molecule has 2 aliphatic rings. The fourth-order valence-electron chi connectivity index (χ4n) is 2.99. The van der Waals surface area contributed by atoms with Crippen molar-refractivity contribution in [1.82, 2.24) is 25.3 Å². The van der Waals surface area contributed by atoms with Gasteiger partial charge in [0.25, 0.3) is 5.91 Å². The summed E-state index contributed by atoms with van der Waals surface area (Å²) < 4.78 is 5.85. The van der Waals surface area contributed by atoms with Crippen LogP contribution in [0.15, 0.2) is 12.3 Å². The molecule has 7 heteroatoms. The van der Waals surface area contributed by atoms with Crippen molar-refractivity contribution in [3.8, 4) is 0 Å². The molecule has 20 heavy (non-hydrogen) atoms. The monoisotopic (exact) mass is 273 g/mol. The topological polar surface area (TPSA) is 84.0 Å². The summed E-state index contributed by atoms with van der Waals surface area (Å²) in [5, 5.41) is 10.5. The summed E-state index contributed by atoms with van der Waals surface area (Å²) in [5.74, 6) is -0.0131. The maximum atomic E-state index is 12.7. The molecule has 1 aliphatic carbocycles. The van der Waals surface area contributed by atoms with Crippen molar-refractivity contribution in [3.05, 3.63) is 17.8 Å². The van der Waals surface area contributed by atoms with Crippen LogP contribution >= 0.6 is 0 Å². The van der Waals surface area contributed by atoms with E-state index in [1.54, 1.807) is 12.3 Å². The second-order valence-corrected chi connectivity index (χ2v) is 5.47. The van der Waals surface area contributed by atoms with Crippen LogP contribution in [0.25, 0.3) is 11.2 Å². The zero-order chi connectivity index (χ0) is 13.6. The van der Waals surface area contributed by atoms with E-state index in [-0.39, 0.29) is 11.5 Å². The lowest BCUT2D eigenvalue weighted by molar-refractivity contribution is -0.142. The molecule has 0 aromatic carbocycles. The van der Waals surface area contributed by atoms with Crippen LogP contribution in [0.2, 0.25) is 0 Å². The van der Waals surface area contributed by atoms with Crippen molar-refractivity contribution in [2.24, 2.45) is 0 Å². The van der Waals surface area contributed by atoms with Crippen LogP contribution in [0.5, 0.6) is 0 Å². The lowest BCUT2D eigenvalue weighted by Gasteiger charge is -2.48. The molecule has 0 unspecified atom stereocenters. The van der Waals surface area contributed by atoms with Crippen molar-refractivity contribution < 1.29 is 9.53 Å². The third-order valence-corrected chi connectivity index (χ3v) is 4.25. The molecule has 104 valence electrons. The van der Waals surface area contributed by atoms with Gasteiger partial charge < -0.3 is 9.64 Å². The van der Waals surface area contributed by atoms with E-state index in [2.05, 4.69) is 20.4 Å². The van der Waals surface area contributed by atoms with Crippen LogP contribution in [0.4, 0.5) is 0 Å². The first-order valence-corrected chi connectivity index (χ1v) is 6.86. The SMILES string of the molecule is O=C(c1ccnc2n[nH]nc12)N1CCOC2(CCC2)C1. The second kappa shape index (κ2) is 4.24. The molecule has 2 aromatic rings. The molecule has 1 aliphatic heterocycles. The summed E-state index contributed by atoms with van der Waals surface area (Å²) in [6, 6.07) is 1.70. The quantitative estimate of drug-likeness (QED) is 0.828. The van der Waals surface area contributed by atoms with Gasteiger partial charge in [0.05, 0.1) is 24.3 Å². The first-order chi connectivity index (χ1) is 9.77. The molecule has 1 spiro atoms. The fourth-order valence-corrected chi connectivity index (χ4v) is 2.99. The van der Waals surface area contributed by atoms with Gasteiger partial charge in [0.1, 0.15) is 5.52 Å². The van der Waals surface area contributed by atoms with Gasteiger partial charge in [-0.15, -0.1) is 5.10 Å². The third-order valence-electron chi connectivity index (χ3n) is 4.25. The summed E-state index contributed by atoms with van der Waals surface area (Å²) in [6.07, 6.45) is 4.88.